The number of hydrogen-bond acceptors (Lipinski definition) is 7. The molecule has 15 heteroatoms. The summed E-state index contributed by atoms with van der Waals surface area (Å²) in [4.78, 5) is 60.9. The van der Waals surface area contributed by atoms with E-state index in [0.29, 0.717) is 6.42 Å². The lowest BCUT2D eigenvalue weighted by Crippen LogP contribution is -2.60. The molecule has 9 unspecified atom stereocenters. The van der Waals surface area contributed by atoms with Crippen molar-refractivity contribution in [1.29, 1.82) is 5.26 Å². The number of rotatable bonds is 4. The van der Waals surface area contributed by atoms with Crippen molar-refractivity contribution in [2.75, 3.05) is 18.4 Å². The van der Waals surface area contributed by atoms with E-state index in [-0.39, 0.29) is 49.3 Å². The molecule has 4 fully saturated rings. The van der Waals surface area contributed by atoms with Crippen LogP contribution in [0.15, 0.2) is 18.3 Å². The number of anilines is 1. The third kappa shape index (κ3) is 5.25. The minimum Gasteiger partial charge on any atom is -0.472 e. The van der Waals surface area contributed by atoms with Crippen molar-refractivity contribution in [3.8, 4) is 11.8 Å². The van der Waals surface area contributed by atoms with Gasteiger partial charge in [-0.2, -0.15) is 18.4 Å². The molecule has 2 saturated carbocycles. The summed E-state index contributed by atoms with van der Waals surface area (Å²) in [6.07, 6.45) is -5.65. The number of halogens is 4. The Bertz CT molecular complexity index is 1480. The summed E-state index contributed by atoms with van der Waals surface area (Å²) in [6, 6.07) is 1.47. The van der Waals surface area contributed by atoms with Crippen LogP contribution in [0.3, 0.4) is 0 Å². The highest BCUT2D eigenvalue weighted by molar-refractivity contribution is 6.01. The van der Waals surface area contributed by atoms with Crippen LogP contribution in [-0.4, -0.2) is 87.6 Å². The molecule has 11 nitrogen and oxygen atoms in total. The molecule has 4 heterocycles. The maximum Gasteiger partial charge on any atom is 0.397 e. The standard InChI is InChI=1S/C30H34F4N6O5/c1-28(2,3)23(37-20(41)10-30(32,33)34)26(43)39-12-17-14-7-16(18(31)8-14)21(17)22(39)25(42)40-13-29(9-15(40)11-35)27(44)38-24-19(45-29)5-4-6-36-24/h4-6,14-18,21-23H,7-10,12-13H2,1-3H3,(H,37,41)(H,36,38,44). The topological polar surface area (TPSA) is 145 Å². The van der Waals surface area contributed by atoms with Gasteiger partial charge in [-0.05, 0) is 54.1 Å². The van der Waals surface area contributed by atoms with Gasteiger partial charge in [0, 0.05) is 19.2 Å². The van der Waals surface area contributed by atoms with E-state index in [1.165, 1.54) is 16.0 Å². The van der Waals surface area contributed by atoms with E-state index >= 15 is 4.39 Å². The van der Waals surface area contributed by atoms with Gasteiger partial charge in [-0.15, -0.1) is 0 Å². The number of likely N-dealkylation sites (tertiary alicyclic amines) is 2. The minimum atomic E-state index is -4.80. The number of nitrogens with one attached hydrogen (secondary N) is 2. The van der Waals surface area contributed by atoms with Crippen LogP contribution in [0.1, 0.15) is 46.5 Å². The zero-order chi connectivity index (χ0) is 32.6. The largest absolute Gasteiger partial charge is 0.472 e. The Labute approximate surface area is 256 Å². The van der Waals surface area contributed by atoms with Gasteiger partial charge in [-0.25, -0.2) is 9.37 Å². The molecule has 1 spiro atoms. The van der Waals surface area contributed by atoms with E-state index in [1.54, 1.807) is 32.9 Å². The number of carbonyl (C=O) groups is 4. The third-order valence-electron chi connectivity index (χ3n) is 10.1. The van der Waals surface area contributed by atoms with Gasteiger partial charge in [-0.1, -0.05) is 20.8 Å². The molecule has 9 atom stereocenters. The summed E-state index contributed by atoms with van der Waals surface area (Å²) in [7, 11) is 0. The fraction of sp³-hybridized carbons (Fsp3) is 0.667. The van der Waals surface area contributed by atoms with E-state index < -0.39 is 83.4 Å². The van der Waals surface area contributed by atoms with Crippen LogP contribution >= 0.6 is 0 Å². The molecule has 242 valence electrons. The summed E-state index contributed by atoms with van der Waals surface area (Å²) < 4.78 is 60.2. The number of aromatic nitrogens is 1. The number of alkyl halides is 4. The summed E-state index contributed by atoms with van der Waals surface area (Å²) >= 11 is 0. The number of nitrogens with zero attached hydrogens (tertiary/aromatic N) is 4. The highest BCUT2D eigenvalue weighted by Gasteiger charge is 2.65. The maximum absolute atomic E-state index is 15.2. The van der Waals surface area contributed by atoms with Gasteiger partial charge < -0.3 is 25.2 Å². The maximum atomic E-state index is 15.2. The van der Waals surface area contributed by atoms with Crippen LogP contribution in [-0.2, 0) is 19.2 Å². The fourth-order valence-corrected chi connectivity index (χ4v) is 8.13. The predicted octanol–water partition coefficient (Wildman–Crippen LogP) is 2.58. The molecule has 2 aliphatic carbocycles. The van der Waals surface area contributed by atoms with Gasteiger partial charge >= 0.3 is 6.18 Å². The number of carbonyl (C=O) groups excluding carboxylic acids is 4. The molecule has 1 aromatic rings. The Morgan fingerprint density at radius 2 is 1.96 bits per heavy atom. The number of fused-ring (bicyclic) bond motifs is 6. The lowest BCUT2D eigenvalue weighted by atomic mass is 9.77. The summed E-state index contributed by atoms with van der Waals surface area (Å²) in [5.74, 6) is -4.40. The van der Waals surface area contributed by atoms with Crippen molar-refractivity contribution in [2.45, 2.75) is 82.5 Å². The molecule has 0 radical (unpaired) electrons. The average molecular weight is 635 g/mol. The zero-order valence-electron chi connectivity index (χ0n) is 24.9. The Morgan fingerprint density at radius 3 is 2.62 bits per heavy atom. The Morgan fingerprint density at radius 1 is 1.22 bits per heavy atom. The van der Waals surface area contributed by atoms with Crippen molar-refractivity contribution in [3.63, 3.8) is 0 Å². The first kappa shape index (κ1) is 31.0. The predicted molar refractivity (Wildman–Crippen MR) is 148 cm³/mol. The molecule has 6 rings (SSSR count). The van der Waals surface area contributed by atoms with Crippen LogP contribution in [0.25, 0.3) is 0 Å². The zero-order valence-corrected chi connectivity index (χ0v) is 24.9. The normalized spacial score (nSPS) is 34.1. The van der Waals surface area contributed by atoms with E-state index in [9.17, 15) is 37.6 Å². The smallest absolute Gasteiger partial charge is 0.397 e. The number of hydrogen-bond donors (Lipinski definition) is 2. The number of ether oxygens (including phenoxy) is 1. The first-order chi connectivity index (χ1) is 21.0. The van der Waals surface area contributed by atoms with Crippen LogP contribution in [0.5, 0.6) is 5.75 Å². The lowest BCUT2D eigenvalue weighted by molar-refractivity contribution is -0.157. The minimum absolute atomic E-state index is 0.0573. The van der Waals surface area contributed by atoms with E-state index in [4.69, 9.17) is 4.74 Å². The first-order valence-corrected chi connectivity index (χ1v) is 15.0. The molecule has 1 aromatic heterocycles. The summed E-state index contributed by atoms with van der Waals surface area (Å²) in [6.45, 7) is 4.49. The van der Waals surface area contributed by atoms with Gasteiger partial charge in [0.1, 0.15) is 30.7 Å². The number of amides is 4. The van der Waals surface area contributed by atoms with Crippen molar-refractivity contribution in [2.24, 2.45) is 29.1 Å². The van der Waals surface area contributed by atoms with Gasteiger partial charge in [0.2, 0.25) is 23.3 Å². The SMILES string of the molecule is CC(C)(C)C(NC(=O)CC(F)(F)F)C(=O)N1CC2C3CC(F)C(C3)C2C1C(=O)N1CC2(CC1C#N)Oc1cccnc1NC2=O. The van der Waals surface area contributed by atoms with Gasteiger partial charge in [0.05, 0.1) is 12.6 Å². The van der Waals surface area contributed by atoms with Crippen LogP contribution in [0, 0.1) is 40.4 Å². The molecule has 0 aromatic carbocycles. The lowest BCUT2D eigenvalue weighted by Gasteiger charge is -2.39. The molecule has 3 aliphatic heterocycles. The quantitative estimate of drug-likeness (QED) is 0.485. The average Bonchev–Trinajstić information content (AvgIpc) is 3.69. The van der Waals surface area contributed by atoms with Crippen LogP contribution in [0.4, 0.5) is 23.4 Å². The second-order valence-electron chi connectivity index (χ2n) is 14.0. The Hall–Kier alpha value is -3.96. The second kappa shape index (κ2) is 10.6. The monoisotopic (exact) mass is 634 g/mol. The highest BCUT2D eigenvalue weighted by atomic mass is 19.4. The fourth-order valence-electron chi connectivity index (χ4n) is 8.13. The Kier molecular flexibility index (Phi) is 7.28. The van der Waals surface area contributed by atoms with Crippen molar-refractivity contribution >= 4 is 29.4 Å². The van der Waals surface area contributed by atoms with Crippen molar-refractivity contribution in [1.82, 2.24) is 20.1 Å². The summed E-state index contributed by atoms with van der Waals surface area (Å²) in [5, 5.41) is 15.0. The molecular formula is C30H34F4N6O5. The first-order valence-electron chi connectivity index (χ1n) is 15.0. The van der Waals surface area contributed by atoms with Gasteiger partial charge in [0.15, 0.2) is 11.6 Å². The molecular weight excluding hydrogens is 600 g/mol. The third-order valence-corrected chi connectivity index (χ3v) is 10.1. The summed E-state index contributed by atoms with van der Waals surface area (Å²) in [5.41, 5.74) is -2.66. The van der Waals surface area contributed by atoms with E-state index in [0.717, 1.165) is 0 Å². The van der Waals surface area contributed by atoms with Crippen LogP contribution < -0.4 is 15.4 Å². The molecule has 2 N–H and O–H groups in total. The Balaban J connectivity index is 1.33. The molecule has 5 aliphatic rings. The van der Waals surface area contributed by atoms with E-state index in [1.807, 2.05) is 0 Å². The second-order valence-corrected chi connectivity index (χ2v) is 14.0. The van der Waals surface area contributed by atoms with Crippen LogP contribution in [0.2, 0.25) is 0 Å². The van der Waals surface area contributed by atoms with Crippen molar-refractivity contribution < 1.29 is 41.5 Å². The van der Waals surface area contributed by atoms with Gasteiger partial charge in [0.25, 0.3) is 5.91 Å². The van der Waals surface area contributed by atoms with E-state index in [2.05, 4.69) is 21.7 Å². The molecule has 2 bridgehead atoms. The number of pyridine rings is 1. The van der Waals surface area contributed by atoms with Gasteiger partial charge in [-0.3, -0.25) is 19.2 Å². The molecule has 45 heavy (non-hydrogen) atoms. The molecule has 2 saturated heterocycles. The highest BCUT2D eigenvalue weighted by Crippen LogP contribution is 2.59. The number of nitriles is 1. The molecule has 4 amide bonds. The van der Waals surface area contributed by atoms with Crippen molar-refractivity contribution in [3.05, 3.63) is 18.3 Å².